The van der Waals surface area contributed by atoms with Crippen LogP contribution in [0.1, 0.15) is 10.4 Å². The third-order valence-electron chi connectivity index (χ3n) is 3.83. The number of hydrogen-bond donors (Lipinski definition) is 1. The Hall–Kier alpha value is -2.95. The largest absolute Gasteiger partial charge is 0.497 e. The van der Waals surface area contributed by atoms with Gasteiger partial charge in [0.1, 0.15) is 17.2 Å². The van der Waals surface area contributed by atoms with E-state index in [1.165, 1.54) is 6.08 Å². The third kappa shape index (κ3) is 5.28. The Kier molecular flexibility index (Phi) is 6.58. The molecule has 0 aromatic heterocycles. The summed E-state index contributed by atoms with van der Waals surface area (Å²) in [6.45, 7) is 0. The van der Waals surface area contributed by atoms with Crippen LogP contribution in [-0.4, -0.2) is 12.9 Å². The monoisotopic (exact) mass is 413 g/mol. The van der Waals surface area contributed by atoms with Crippen molar-refractivity contribution in [2.24, 2.45) is 0 Å². The van der Waals surface area contributed by atoms with Gasteiger partial charge in [-0.05, 0) is 66.7 Å². The molecule has 142 valence electrons. The number of methoxy groups -OCH3 is 1. The lowest BCUT2D eigenvalue weighted by Crippen LogP contribution is -1.97. The molecule has 4 nitrogen and oxygen atoms in total. The highest BCUT2D eigenvalue weighted by Crippen LogP contribution is 2.25. The number of nitrogens with one attached hydrogen (secondary N) is 1. The van der Waals surface area contributed by atoms with Crippen LogP contribution in [0.3, 0.4) is 0 Å². The molecule has 0 unspecified atom stereocenters. The number of anilines is 1. The zero-order valence-corrected chi connectivity index (χ0v) is 16.5. The molecule has 0 bridgehead atoms. The van der Waals surface area contributed by atoms with Crippen molar-refractivity contribution < 1.29 is 14.3 Å². The van der Waals surface area contributed by atoms with Gasteiger partial charge >= 0.3 is 0 Å². The van der Waals surface area contributed by atoms with Gasteiger partial charge in [0.15, 0.2) is 5.78 Å². The number of rotatable bonds is 7. The number of benzene rings is 3. The first-order chi connectivity index (χ1) is 13.5. The van der Waals surface area contributed by atoms with Crippen LogP contribution in [0.5, 0.6) is 17.2 Å². The predicted molar refractivity (Wildman–Crippen MR) is 113 cm³/mol. The lowest BCUT2D eigenvalue weighted by Gasteiger charge is -2.07. The van der Waals surface area contributed by atoms with Gasteiger partial charge in [0, 0.05) is 28.5 Å². The van der Waals surface area contributed by atoms with E-state index in [1.807, 2.05) is 48.5 Å². The molecule has 3 aromatic carbocycles. The van der Waals surface area contributed by atoms with Gasteiger partial charge in [-0.15, -0.1) is 0 Å². The molecule has 0 saturated carbocycles. The second-order valence-electron chi connectivity index (χ2n) is 5.77. The second-order valence-corrected chi connectivity index (χ2v) is 6.61. The highest BCUT2D eigenvalue weighted by Gasteiger charge is 2.07. The van der Waals surface area contributed by atoms with Crippen LogP contribution < -0.4 is 14.8 Å². The molecule has 0 atom stereocenters. The number of halogens is 2. The predicted octanol–water partition coefficient (Wildman–Crippen LogP) is 6.60. The Morgan fingerprint density at radius 1 is 0.893 bits per heavy atom. The van der Waals surface area contributed by atoms with E-state index < -0.39 is 0 Å². The summed E-state index contributed by atoms with van der Waals surface area (Å²) in [4.78, 5) is 12.2. The topological polar surface area (TPSA) is 47.6 Å². The van der Waals surface area contributed by atoms with Gasteiger partial charge in [-0.2, -0.15) is 0 Å². The van der Waals surface area contributed by atoms with E-state index in [-0.39, 0.29) is 5.78 Å². The standard InChI is InChI=1S/C22H17Cl2NO3/c1-27-17-7-9-19(10-8-17)28-18-5-3-16(4-6-18)25-13-12-22(26)20-11-2-15(23)14-21(20)24/h2-14,25H,1H3/b13-12+. The molecule has 1 N–H and O–H groups in total. The molecule has 0 aliphatic heterocycles. The first-order valence-electron chi connectivity index (χ1n) is 8.39. The molecule has 0 aliphatic rings. The van der Waals surface area contributed by atoms with Crippen molar-refractivity contribution in [2.45, 2.75) is 0 Å². The van der Waals surface area contributed by atoms with E-state index in [1.54, 1.807) is 31.5 Å². The fourth-order valence-electron chi connectivity index (χ4n) is 2.39. The summed E-state index contributed by atoms with van der Waals surface area (Å²) in [5, 5.41) is 3.85. The fraction of sp³-hybridized carbons (Fsp3) is 0.0455. The van der Waals surface area contributed by atoms with Crippen molar-refractivity contribution in [3.05, 3.63) is 94.6 Å². The van der Waals surface area contributed by atoms with Crippen LogP contribution >= 0.6 is 23.2 Å². The van der Waals surface area contributed by atoms with Crippen LogP contribution in [0.2, 0.25) is 10.0 Å². The second kappa shape index (κ2) is 9.31. The Bertz CT molecular complexity index is 984. The SMILES string of the molecule is COc1ccc(Oc2ccc(N/C=C/C(=O)c3ccc(Cl)cc3Cl)cc2)cc1. The van der Waals surface area contributed by atoms with Crippen molar-refractivity contribution in [1.29, 1.82) is 0 Å². The first-order valence-corrected chi connectivity index (χ1v) is 9.15. The smallest absolute Gasteiger partial charge is 0.188 e. The normalized spacial score (nSPS) is 10.7. The van der Waals surface area contributed by atoms with E-state index in [9.17, 15) is 4.79 Å². The molecule has 0 radical (unpaired) electrons. The number of allylic oxidation sites excluding steroid dienone is 1. The molecular formula is C22H17Cl2NO3. The van der Waals surface area contributed by atoms with Crippen molar-refractivity contribution >= 4 is 34.7 Å². The van der Waals surface area contributed by atoms with Gasteiger partial charge in [-0.1, -0.05) is 23.2 Å². The quantitative estimate of drug-likeness (QED) is 0.349. The van der Waals surface area contributed by atoms with Crippen LogP contribution in [0.15, 0.2) is 79.0 Å². The maximum absolute atomic E-state index is 12.2. The molecule has 3 aromatic rings. The fourth-order valence-corrected chi connectivity index (χ4v) is 2.89. The van der Waals surface area contributed by atoms with Crippen LogP contribution in [0.25, 0.3) is 0 Å². The summed E-state index contributed by atoms with van der Waals surface area (Å²) in [6.07, 6.45) is 2.98. The molecule has 0 aliphatic carbocycles. The zero-order chi connectivity index (χ0) is 19.9. The molecule has 6 heteroatoms. The summed E-state index contributed by atoms with van der Waals surface area (Å²) in [5.74, 6) is 1.97. The van der Waals surface area contributed by atoms with Crippen LogP contribution in [-0.2, 0) is 0 Å². The van der Waals surface area contributed by atoms with Crippen LogP contribution in [0.4, 0.5) is 5.69 Å². The van der Waals surface area contributed by atoms with E-state index in [0.717, 1.165) is 11.4 Å². The van der Waals surface area contributed by atoms with E-state index in [2.05, 4.69) is 5.32 Å². The first kappa shape index (κ1) is 19.8. The minimum Gasteiger partial charge on any atom is -0.497 e. The van der Waals surface area contributed by atoms with E-state index >= 15 is 0 Å². The summed E-state index contributed by atoms with van der Waals surface area (Å²) in [7, 11) is 1.62. The van der Waals surface area contributed by atoms with Crippen molar-refractivity contribution in [3.8, 4) is 17.2 Å². The van der Waals surface area contributed by atoms with Gasteiger partial charge in [-0.25, -0.2) is 0 Å². The van der Waals surface area contributed by atoms with Gasteiger partial charge in [0.05, 0.1) is 12.1 Å². The van der Waals surface area contributed by atoms with Gasteiger partial charge < -0.3 is 14.8 Å². The number of hydrogen-bond acceptors (Lipinski definition) is 4. The van der Waals surface area contributed by atoms with Crippen molar-refractivity contribution in [2.75, 3.05) is 12.4 Å². The minimum absolute atomic E-state index is 0.214. The van der Waals surface area contributed by atoms with Gasteiger partial charge in [0.25, 0.3) is 0 Å². The van der Waals surface area contributed by atoms with Gasteiger partial charge in [0.2, 0.25) is 0 Å². The molecule has 0 fully saturated rings. The van der Waals surface area contributed by atoms with Crippen molar-refractivity contribution in [1.82, 2.24) is 0 Å². The third-order valence-corrected chi connectivity index (χ3v) is 4.38. The summed E-state index contributed by atoms with van der Waals surface area (Å²) < 4.78 is 10.9. The number of ketones is 1. The highest BCUT2D eigenvalue weighted by atomic mass is 35.5. The average molecular weight is 414 g/mol. The molecule has 0 amide bonds. The maximum atomic E-state index is 12.2. The summed E-state index contributed by atoms with van der Waals surface area (Å²) in [5.41, 5.74) is 1.21. The lowest BCUT2D eigenvalue weighted by atomic mass is 10.1. The average Bonchev–Trinajstić information content (AvgIpc) is 2.70. The summed E-state index contributed by atoms with van der Waals surface area (Å²) >= 11 is 11.9. The van der Waals surface area contributed by atoms with E-state index in [0.29, 0.717) is 27.1 Å². The molecule has 0 heterocycles. The lowest BCUT2D eigenvalue weighted by molar-refractivity contribution is 0.104. The van der Waals surface area contributed by atoms with Crippen LogP contribution in [0, 0.1) is 0 Å². The Morgan fingerprint density at radius 2 is 1.50 bits per heavy atom. The maximum Gasteiger partial charge on any atom is 0.188 e. The molecule has 3 rings (SSSR count). The molecule has 28 heavy (non-hydrogen) atoms. The number of ether oxygens (including phenoxy) is 2. The number of carbonyl (C=O) groups excluding carboxylic acids is 1. The Morgan fingerprint density at radius 3 is 2.11 bits per heavy atom. The van der Waals surface area contributed by atoms with E-state index in [4.69, 9.17) is 32.7 Å². The minimum atomic E-state index is -0.214. The Labute approximate surface area is 173 Å². The molecule has 0 saturated heterocycles. The Balaban J connectivity index is 1.57. The highest BCUT2D eigenvalue weighted by molar-refractivity contribution is 6.37. The number of carbonyl (C=O) groups is 1. The molecular weight excluding hydrogens is 397 g/mol. The molecule has 0 spiro atoms. The summed E-state index contributed by atoms with van der Waals surface area (Å²) in [6, 6.07) is 19.5. The van der Waals surface area contributed by atoms with Crippen molar-refractivity contribution in [3.63, 3.8) is 0 Å². The zero-order valence-electron chi connectivity index (χ0n) is 15.0. The van der Waals surface area contributed by atoms with Gasteiger partial charge in [-0.3, -0.25) is 4.79 Å².